The van der Waals surface area contributed by atoms with Crippen molar-refractivity contribution in [2.24, 2.45) is 0 Å². The zero-order chi connectivity index (χ0) is 16.9. The predicted molar refractivity (Wildman–Crippen MR) is 75.6 cm³/mol. The Morgan fingerprint density at radius 2 is 1.95 bits per heavy atom. The van der Waals surface area contributed by atoms with E-state index in [9.17, 15) is 18.4 Å². The molecule has 0 fully saturated rings. The number of halogens is 2. The molecule has 0 aliphatic carbocycles. The van der Waals surface area contributed by atoms with Crippen LogP contribution in [0.1, 0.15) is 37.6 Å². The summed E-state index contributed by atoms with van der Waals surface area (Å²) in [6, 6.07) is 1.15. The van der Waals surface area contributed by atoms with E-state index in [1.54, 1.807) is 0 Å². The van der Waals surface area contributed by atoms with Crippen molar-refractivity contribution in [1.29, 1.82) is 0 Å². The second-order valence-corrected chi connectivity index (χ2v) is 5.74. The van der Waals surface area contributed by atoms with E-state index in [1.807, 2.05) is 20.8 Å². The highest BCUT2D eigenvalue weighted by molar-refractivity contribution is 5.96. The minimum absolute atomic E-state index is 0.00920. The molecule has 0 aliphatic heterocycles. The van der Waals surface area contributed by atoms with E-state index in [0.717, 1.165) is 18.2 Å². The highest BCUT2D eigenvalue weighted by Gasteiger charge is 2.23. The number of benzene rings is 1. The lowest BCUT2D eigenvalue weighted by atomic mass is 10.1. The van der Waals surface area contributed by atoms with Gasteiger partial charge >= 0.3 is 5.97 Å². The summed E-state index contributed by atoms with van der Waals surface area (Å²) in [4.78, 5) is 23.0. The number of carbonyl (C=O) groups is 2. The molecule has 1 amide bonds. The number of hydrogen-bond donors (Lipinski definition) is 2. The monoisotopic (exact) mass is 315 g/mol. The van der Waals surface area contributed by atoms with E-state index < -0.39 is 40.7 Å². The molecule has 0 bridgehead atoms. The maximum Gasteiger partial charge on any atom is 0.326 e. The summed E-state index contributed by atoms with van der Waals surface area (Å²) in [5.41, 5.74) is -0.982. The average Bonchev–Trinajstić information content (AvgIpc) is 2.38. The Morgan fingerprint density at radius 3 is 2.50 bits per heavy atom. The zero-order valence-corrected chi connectivity index (χ0v) is 12.7. The average molecular weight is 315 g/mol. The summed E-state index contributed by atoms with van der Waals surface area (Å²) in [6.45, 7) is 5.53. The number of aliphatic carboxylic acids is 1. The van der Waals surface area contributed by atoms with Gasteiger partial charge in [-0.05, 0) is 39.0 Å². The zero-order valence-electron chi connectivity index (χ0n) is 12.7. The van der Waals surface area contributed by atoms with Crippen molar-refractivity contribution in [1.82, 2.24) is 5.32 Å². The molecule has 0 saturated heterocycles. The molecule has 0 radical (unpaired) electrons. The van der Waals surface area contributed by atoms with Crippen LogP contribution in [0, 0.1) is 11.6 Å². The van der Waals surface area contributed by atoms with Gasteiger partial charge in [0.1, 0.15) is 17.7 Å². The number of amides is 1. The van der Waals surface area contributed by atoms with E-state index >= 15 is 0 Å². The molecule has 2 N–H and O–H groups in total. The van der Waals surface area contributed by atoms with Gasteiger partial charge in [0.2, 0.25) is 0 Å². The van der Waals surface area contributed by atoms with Crippen LogP contribution >= 0.6 is 0 Å². The van der Waals surface area contributed by atoms with Crippen molar-refractivity contribution in [2.75, 3.05) is 6.61 Å². The number of carbonyl (C=O) groups excluding carboxylic acids is 1. The van der Waals surface area contributed by atoms with E-state index in [4.69, 9.17) is 9.84 Å². The van der Waals surface area contributed by atoms with Crippen LogP contribution in [0.2, 0.25) is 0 Å². The standard InChI is InChI=1S/C15H19F2NO4/c1-15(2,3)22-7-6-12(14(20)21)18-13(19)10-8-9(16)4-5-11(10)17/h4-5,8,12H,6-7H2,1-3H3,(H,18,19)(H,20,21). The van der Waals surface area contributed by atoms with E-state index in [1.165, 1.54) is 0 Å². The van der Waals surface area contributed by atoms with Gasteiger partial charge in [-0.15, -0.1) is 0 Å². The van der Waals surface area contributed by atoms with Gasteiger partial charge in [-0.3, -0.25) is 4.79 Å². The fraction of sp³-hybridized carbons (Fsp3) is 0.467. The highest BCUT2D eigenvalue weighted by atomic mass is 19.1. The van der Waals surface area contributed by atoms with Crippen molar-refractivity contribution < 1.29 is 28.2 Å². The molecule has 0 heterocycles. The maximum atomic E-state index is 13.5. The van der Waals surface area contributed by atoms with Crippen LogP contribution in [0.3, 0.4) is 0 Å². The second kappa shape index (κ2) is 7.31. The SMILES string of the molecule is CC(C)(C)OCCC(NC(=O)c1cc(F)ccc1F)C(=O)O. The summed E-state index contributed by atoms with van der Waals surface area (Å²) in [6.07, 6.45) is 0.00920. The second-order valence-electron chi connectivity index (χ2n) is 5.74. The molecular weight excluding hydrogens is 296 g/mol. The van der Waals surface area contributed by atoms with Gasteiger partial charge in [0, 0.05) is 13.0 Å². The molecule has 0 saturated carbocycles. The molecule has 5 nitrogen and oxygen atoms in total. The Hall–Kier alpha value is -2.02. The van der Waals surface area contributed by atoms with E-state index in [-0.39, 0.29) is 13.0 Å². The fourth-order valence-corrected chi connectivity index (χ4v) is 1.65. The van der Waals surface area contributed by atoms with Gasteiger partial charge in [0.05, 0.1) is 11.2 Å². The Kier molecular flexibility index (Phi) is 5.99. The normalized spacial score (nSPS) is 12.8. The first-order chi connectivity index (χ1) is 10.1. The molecule has 7 heteroatoms. The highest BCUT2D eigenvalue weighted by Crippen LogP contribution is 2.11. The quantitative estimate of drug-likeness (QED) is 0.845. The van der Waals surface area contributed by atoms with Gasteiger partial charge in [-0.2, -0.15) is 0 Å². The molecule has 1 rings (SSSR count). The minimum atomic E-state index is -1.28. The van der Waals surface area contributed by atoms with Gasteiger partial charge in [-0.1, -0.05) is 0 Å². The van der Waals surface area contributed by atoms with E-state index in [2.05, 4.69) is 5.32 Å². The van der Waals surface area contributed by atoms with Crippen LogP contribution < -0.4 is 5.32 Å². The third kappa shape index (κ3) is 5.77. The molecule has 1 aromatic carbocycles. The molecule has 0 aromatic heterocycles. The minimum Gasteiger partial charge on any atom is -0.480 e. The first kappa shape index (κ1) is 18.0. The number of ether oxygens (including phenoxy) is 1. The third-order valence-corrected chi connectivity index (χ3v) is 2.72. The van der Waals surface area contributed by atoms with Crippen molar-refractivity contribution in [3.63, 3.8) is 0 Å². The molecule has 1 atom stereocenters. The maximum absolute atomic E-state index is 13.5. The molecule has 0 spiro atoms. The van der Waals surface area contributed by atoms with Crippen molar-refractivity contribution in [3.8, 4) is 0 Å². The van der Waals surface area contributed by atoms with Gasteiger partial charge in [-0.25, -0.2) is 13.6 Å². The molecule has 1 aromatic rings. The van der Waals surface area contributed by atoms with Gasteiger partial charge in [0.25, 0.3) is 5.91 Å². The largest absolute Gasteiger partial charge is 0.480 e. The van der Waals surface area contributed by atoms with Crippen molar-refractivity contribution in [3.05, 3.63) is 35.4 Å². The van der Waals surface area contributed by atoms with E-state index in [0.29, 0.717) is 0 Å². The molecule has 22 heavy (non-hydrogen) atoms. The molecule has 0 aliphatic rings. The van der Waals surface area contributed by atoms with Crippen LogP contribution in [0.5, 0.6) is 0 Å². The van der Waals surface area contributed by atoms with Crippen LogP contribution in [-0.2, 0) is 9.53 Å². The summed E-state index contributed by atoms with van der Waals surface area (Å²) >= 11 is 0. The van der Waals surface area contributed by atoms with Crippen molar-refractivity contribution >= 4 is 11.9 Å². The smallest absolute Gasteiger partial charge is 0.326 e. The van der Waals surface area contributed by atoms with Gasteiger partial charge < -0.3 is 15.2 Å². The predicted octanol–water partition coefficient (Wildman–Crippen LogP) is 2.35. The Labute approximate surface area is 127 Å². The van der Waals surface area contributed by atoms with Gasteiger partial charge in [0.15, 0.2) is 0 Å². The third-order valence-electron chi connectivity index (χ3n) is 2.72. The Morgan fingerprint density at radius 1 is 1.32 bits per heavy atom. The lowest BCUT2D eigenvalue weighted by Gasteiger charge is -2.21. The first-order valence-electron chi connectivity index (χ1n) is 6.73. The molecule has 1 unspecified atom stereocenters. The number of hydrogen-bond acceptors (Lipinski definition) is 3. The lowest BCUT2D eigenvalue weighted by Crippen LogP contribution is -2.42. The summed E-state index contributed by atoms with van der Waals surface area (Å²) < 4.78 is 31.9. The number of nitrogens with one attached hydrogen (secondary N) is 1. The van der Waals surface area contributed by atoms with Crippen LogP contribution in [0.25, 0.3) is 0 Å². The fourth-order valence-electron chi connectivity index (χ4n) is 1.65. The van der Waals surface area contributed by atoms with Crippen molar-refractivity contribution in [2.45, 2.75) is 38.8 Å². The Balaban J connectivity index is 2.72. The number of rotatable bonds is 6. The number of carboxylic acid groups (broad SMARTS) is 1. The van der Waals surface area contributed by atoms with Crippen LogP contribution in [0.4, 0.5) is 8.78 Å². The van der Waals surface area contributed by atoms with Crippen LogP contribution in [0.15, 0.2) is 18.2 Å². The number of carboxylic acids is 1. The molecule has 122 valence electrons. The Bertz CT molecular complexity index is 555. The summed E-state index contributed by atoms with van der Waals surface area (Å²) in [5, 5.41) is 11.2. The lowest BCUT2D eigenvalue weighted by molar-refractivity contribution is -0.140. The van der Waals surface area contributed by atoms with Crippen LogP contribution in [-0.4, -0.2) is 35.2 Å². The summed E-state index contributed by atoms with van der Waals surface area (Å²) in [7, 11) is 0. The molecular formula is C15H19F2NO4. The summed E-state index contributed by atoms with van der Waals surface area (Å²) in [5.74, 6) is -3.97. The topological polar surface area (TPSA) is 75.6 Å². The first-order valence-corrected chi connectivity index (χ1v) is 6.73.